The molecule has 0 unspecified atom stereocenters. The molecular formula is C21H22N2O2. The second-order valence-corrected chi connectivity index (χ2v) is 6.31. The van der Waals surface area contributed by atoms with E-state index in [1.165, 1.54) is 11.3 Å². The maximum atomic E-state index is 6.03. The average molecular weight is 334 g/mol. The van der Waals surface area contributed by atoms with Crippen molar-refractivity contribution in [3.63, 3.8) is 0 Å². The molecule has 4 rings (SSSR count). The van der Waals surface area contributed by atoms with Crippen LogP contribution in [0.1, 0.15) is 17.4 Å². The maximum Gasteiger partial charge on any atom is 0.158 e. The molecule has 0 spiro atoms. The molecule has 1 aliphatic heterocycles. The Hall–Kier alpha value is -2.72. The summed E-state index contributed by atoms with van der Waals surface area (Å²) in [5, 5.41) is 0. The third-order valence-electron chi connectivity index (χ3n) is 4.58. The van der Waals surface area contributed by atoms with E-state index in [1.807, 2.05) is 18.2 Å². The Bertz CT molecular complexity index is 872. The molecular weight excluding hydrogens is 312 g/mol. The Labute approximate surface area is 148 Å². The van der Waals surface area contributed by atoms with Gasteiger partial charge in [0.25, 0.3) is 0 Å². The average Bonchev–Trinajstić information content (AvgIpc) is 3.31. The van der Waals surface area contributed by atoms with E-state index in [2.05, 4.69) is 65.2 Å². The number of hydrogen-bond acceptors (Lipinski definition) is 3. The lowest BCUT2D eigenvalue weighted by molar-refractivity contribution is 0.114. The number of aryl methyl sites for hydroxylation is 1. The van der Waals surface area contributed by atoms with Gasteiger partial charge in [-0.15, -0.1) is 0 Å². The predicted octanol–water partition coefficient (Wildman–Crippen LogP) is 4.33. The summed E-state index contributed by atoms with van der Waals surface area (Å²) in [4.78, 5) is 2.32. The highest BCUT2D eigenvalue weighted by Crippen LogP contribution is 2.33. The van der Waals surface area contributed by atoms with Gasteiger partial charge in [0.2, 0.25) is 0 Å². The molecule has 2 heterocycles. The van der Waals surface area contributed by atoms with Gasteiger partial charge < -0.3 is 18.9 Å². The molecule has 0 radical (unpaired) electrons. The van der Waals surface area contributed by atoms with Gasteiger partial charge in [0.15, 0.2) is 6.23 Å². The van der Waals surface area contributed by atoms with E-state index in [0.717, 1.165) is 30.2 Å². The van der Waals surface area contributed by atoms with Crippen LogP contribution in [0.15, 0.2) is 67.0 Å². The number of methoxy groups -OCH3 is 1. The summed E-state index contributed by atoms with van der Waals surface area (Å²) in [6.45, 7) is 3.76. The van der Waals surface area contributed by atoms with Gasteiger partial charge in [0.1, 0.15) is 5.75 Å². The van der Waals surface area contributed by atoms with Crippen molar-refractivity contribution in [2.75, 3.05) is 25.2 Å². The normalized spacial score (nSPS) is 17.0. The van der Waals surface area contributed by atoms with Gasteiger partial charge in [-0.2, -0.15) is 0 Å². The van der Waals surface area contributed by atoms with Gasteiger partial charge in [0, 0.05) is 41.9 Å². The molecule has 128 valence electrons. The molecule has 0 amide bonds. The van der Waals surface area contributed by atoms with Crippen LogP contribution in [0.2, 0.25) is 0 Å². The monoisotopic (exact) mass is 334 g/mol. The molecule has 0 bridgehead atoms. The minimum Gasteiger partial charge on any atom is -0.497 e. The van der Waals surface area contributed by atoms with Crippen LogP contribution >= 0.6 is 0 Å². The SMILES string of the molecule is COc1cccc(-n2ccc([C@H]3OCCN3c3cccc(C)c3)c2)c1. The van der Waals surface area contributed by atoms with E-state index in [9.17, 15) is 0 Å². The zero-order valence-electron chi connectivity index (χ0n) is 14.6. The largest absolute Gasteiger partial charge is 0.497 e. The fourth-order valence-corrected chi connectivity index (χ4v) is 3.31. The van der Waals surface area contributed by atoms with Crippen LogP contribution in [-0.2, 0) is 4.74 Å². The van der Waals surface area contributed by atoms with E-state index in [4.69, 9.17) is 9.47 Å². The molecule has 4 heteroatoms. The topological polar surface area (TPSA) is 26.6 Å². The van der Waals surface area contributed by atoms with E-state index < -0.39 is 0 Å². The summed E-state index contributed by atoms with van der Waals surface area (Å²) < 4.78 is 13.5. The second kappa shape index (κ2) is 6.65. The Kier molecular flexibility index (Phi) is 4.20. The predicted molar refractivity (Wildman–Crippen MR) is 99.5 cm³/mol. The number of rotatable bonds is 4. The third kappa shape index (κ3) is 3.13. The molecule has 0 saturated carbocycles. The lowest BCUT2D eigenvalue weighted by Gasteiger charge is -2.25. The number of anilines is 1. The Morgan fingerprint density at radius 3 is 2.72 bits per heavy atom. The zero-order valence-corrected chi connectivity index (χ0v) is 14.6. The van der Waals surface area contributed by atoms with Gasteiger partial charge in [-0.3, -0.25) is 0 Å². The quantitative estimate of drug-likeness (QED) is 0.710. The molecule has 1 saturated heterocycles. The number of nitrogens with zero attached hydrogens (tertiary/aromatic N) is 2. The molecule has 1 atom stereocenters. The number of aromatic nitrogens is 1. The molecule has 0 aliphatic carbocycles. The Morgan fingerprint density at radius 1 is 1.04 bits per heavy atom. The smallest absolute Gasteiger partial charge is 0.158 e. The molecule has 1 aromatic heterocycles. The van der Waals surface area contributed by atoms with Gasteiger partial charge in [0.05, 0.1) is 13.7 Å². The summed E-state index contributed by atoms with van der Waals surface area (Å²) in [7, 11) is 1.69. The van der Waals surface area contributed by atoms with Crippen LogP contribution in [0, 0.1) is 6.92 Å². The third-order valence-corrected chi connectivity index (χ3v) is 4.58. The van der Waals surface area contributed by atoms with Gasteiger partial charge in [-0.25, -0.2) is 0 Å². The van der Waals surface area contributed by atoms with Crippen LogP contribution in [0.4, 0.5) is 5.69 Å². The van der Waals surface area contributed by atoms with Crippen LogP contribution in [0.5, 0.6) is 5.75 Å². The highest BCUT2D eigenvalue weighted by atomic mass is 16.5. The molecule has 1 aliphatic rings. The van der Waals surface area contributed by atoms with Crippen LogP contribution in [0.3, 0.4) is 0 Å². The lowest BCUT2D eigenvalue weighted by atomic mass is 10.2. The lowest BCUT2D eigenvalue weighted by Crippen LogP contribution is -2.23. The summed E-state index contributed by atoms with van der Waals surface area (Å²) in [5.41, 5.74) is 4.70. The second-order valence-electron chi connectivity index (χ2n) is 6.31. The standard InChI is InChI=1S/C21H22N2O2/c1-16-5-3-7-19(13-16)23-11-12-25-21(23)17-9-10-22(15-17)18-6-4-8-20(14-18)24-2/h3-10,13-15,21H,11-12H2,1-2H3/t21-/m1/s1. The van der Waals surface area contributed by atoms with E-state index in [0.29, 0.717) is 0 Å². The Balaban J connectivity index is 1.62. The Morgan fingerprint density at radius 2 is 1.88 bits per heavy atom. The molecule has 2 aromatic carbocycles. The minimum absolute atomic E-state index is 0.0475. The molecule has 25 heavy (non-hydrogen) atoms. The summed E-state index contributed by atoms with van der Waals surface area (Å²) in [6, 6.07) is 18.7. The van der Waals surface area contributed by atoms with Crippen molar-refractivity contribution >= 4 is 5.69 Å². The number of hydrogen-bond donors (Lipinski definition) is 0. The fraction of sp³-hybridized carbons (Fsp3) is 0.238. The van der Waals surface area contributed by atoms with Crippen molar-refractivity contribution < 1.29 is 9.47 Å². The summed E-state index contributed by atoms with van der Waals surface area (Å²) in [5.74, 6) is 0.853. The summed E-state index contributed by atoms with van der Waals surface area (Å²) in [6.07, 6.45) is 4.15. The maximum absolute atomic E-state index is 6.03. The van der Waals surface area contributed by atoms with Crippen molar-refractivity contribution in [3.05, 3.63) is 78.1 Å². The van der Waals surface area contributed by atoms with Crippen molar-refractivity contribution in [2.45, 2.75) is 13.2 Å². The van der Waals surface area contributed by atoms with Crippen molar-refractivity contribution in [3.8, 4) is 11.4 Å². The number of benzene rings is 2. The van der Waals surface area contributed by atoms with Gasteiger partial charge in [-0.1, -0.05) is 18.2 Å². The van der Waals surface area contributed by atoms with Crippen molar-refractivity contribution in [1.29, 1.82) is 0 Å². The van der Waals surface area contributed by atoms with Crippen LogP contribution < -0.4 is 9.64 Å². The highest BCUT2D eigenvalue weighted by Gasteiger charge is 2.28. The van der Waals surface area contributed by atoms with E-state index >= 15 is 0 Å². The van der Waals surface area contributed by atoms with Crippen LogP contribution in [-0.4, -0.2) is 24.8 Å². The zero-order chi connectivity index (χ0) is 17.2. The molecule has 4 nitrogen and oxygen atoms in total. The first-order valence-corrected chi connectivity index (χ1v) is 8.52. The van der Waals surface area contributed by atoms with Gasteiger partial charge >= 0.3 is 0 Å². The first-order chi connectivity index (χ1) is 12.2. The number of ether oxygens (including phenoxy) is 2. The minimum atomic E-state index is -0.0475. The van der Waals surface area contributed by atoms with Crippen molar-refractivity contribution in [2.24, 2.45) is 0 Å². The highest BCUT2D eigenvalue weighted by molar-refractivity contribution is 5.51. The summed E-state index contributed by atoms with van der Waals surface area (Å²) >= 11 is 0. The van der Waals surface area contributed by atoms with Crippen molar-refractivity contribution in [1.82, 2.24) is 4.57 Å². The van der Waals surface area contributed by atoms with Gasteiger partial charge in [-0.05, 0) is 42.8 Å². The van der Waals surface area contributed by atoms with E-state index in [-0.39, 0.29) is 6.23 Å². The molecule has 0 N–H and O–H groups in total. The van der Waals surface area contributed by atoms with Crippen LogP contribution in [0.25, 0.3) is 5.69 Å². The first-order valence-electron chi connectivity index (χ1n) is 8.52. The molecule has 3 aromatic rings. The van der Waals surface area contributed by atoms with E-state index in [1.54, 1.807) is 7.11 Å². The first kappa shape index (κ1) is 15.8. The molecule has 1 fully saturated rings. The fourth-order valence-electron chi connectivity index (χ4n) is 3.31.